The summed E-state index contributed by atoms with van der Waals surface area (Å²) >= 11 is 1.14. The summed E-state index contributed by atoms with van der Waals surface area (Å²) in [6.07, 6.45) is 1.63. The van der Waals surface area contributed by atoms with E-state index >= 15 is 0 Å². The Morgan fingerprint density at radius 3 is 2.75 bits per heavy atom. The van der Waals surface area contributed by atoms with Gasteiger partial charge in [-0.05, 0) is 17.5 Å². The zero-order chi connectivity index (χ0) is 11.8. The molecule has 0 fully saturated rings. The van der Waals surface area contributed by atoms with E-state index < -0.39 is 10.0 Å². The summed E-state index contributed by atoms with van der Waals surface area (Å²) in [4.78, 5) is 0. The second kappa shape index (κ2) is 4.17. The molecule has 88 valence electrons. The van der Waals surface area contributed by atoms with Gasteiger partial charge in [0.25, 0.3) is 10.0 Å². The van der Waals surface area contributed by atoms with Gasteiger partial charge < -0.3 is 10.2 Å². The van der Waals surface area contributed by atoms with Crippen LogP contribution in [0.4, 0.5) is 0 Å². The number of aliphatic hydroxyl groups excluding tert-OH is 2. The number of hydrogen-bond donors (Lipinski definition) is 2. The van der Waals surface area contributed by atoms with Gasteiger partial charge in [0.05, 0.1) is 25.5 Å². The number of hydrogen-bond acceptors (Lipinski definition) is 5. The number of nitrogens with zero attached hydrogens (tertiary/aromatic N) is 1. The standard InChI is InChI=1S/C9H11NO4S2/c11-3-2-10-8(6-12)5-7-1-4-15-9(7)16(10,13)14/h1,4-5,11-12H,2-3,6H2. The van der Waals surface area contributed by atoms with Crippen LogP contribution in [0, 0.1) is 0 Å². The minimum absolute atomic E-state index is 0.0356. The lowest BCUT2D eigenvalue weighted by molar-refractivity contribution is 0.248. The van der Waals surface area contributed by atoms with Crippen LogP contribution in [0.3, 0.4) is 0 Å². The molecule has 0 radical (unpaired) electrons. The Morgan fingerprint density at radius 2 is 2.12 bits per heavy atom. The molecule has 0 saturated heterocycles. The van der Waals surface area contributed by atoms with E-state index in [-0.39, 0.29) is 24.0 Å². The smallest absolute Gasteiger partial charge is 0.274 e. The summed E-state index contributed by atoms with van der Waals surface area (Å²) in [5, 5.41) is 19.7. The second-order valence-corrected chi connectivity index (χ2v) is 6.23. The van der Waals surface area contributed by atoms with E-state index in [1.165, 1.54) is 0 Å². The first-order chi connectivity index (χ1) is 7.61. The van der Waals surface area contributed by atoms with Crippen molar-refractivity contribution in [2.24, 2.45) is 0 Å². The van der Waals surface area contributed by atoms with Gasteiger partial charge in [-0.15, -0.1) is 11.3 Å². The van der Waals surface area contributed by atoms with Gasteiger partial charge in [0.2, 0.25) is 0 Å². The molecule has 1 aliphatic rings. The maximum absolute atomic E-state index is 12.1. The van der Waals surface area contributed by atoms with E-state index in [2.05, 4.69) is 0 Å². The van der Waals surface area contributed by atoms with Gasteiger partial charge in [0, 0.05) is 5.56 Å². The Kier molecular flexibility index (Phi) is 3.02. The molecule has 0 amide bonds. The molecule has 0 aromatic carbocycles. The maximum atomic E-state index is 12.1. The molecule has 0 saturated carbocycles. The number of aliphatic hydroxyl groups is 2. The van der Waals surface area contributed by atoms with E-state index in [0.29, 0.717) is 11.3 Å². The third kappa shape index (κ3) is 1.65. The molecule has 0 atom stereocenters. The average Bonchev–Trinajstić information content (AvgIpc) is 2.71. The summed E-state index contributed by atoms with van der Waals surface area (Å²) in [6.45, 7) is -0.683. The Labute approximate surface area is 97.3 Å². The first kappa shape index (κ1) is 11.6. The minimum Gasteiger partial charge on any atom is -0.394 e. The SMILES string of the molecule is O=S1(=O)c2sccc2C=C(CO)N1CCO. The molecular weight excluding hydrogens is 250 g/mol. The van der Waals surface area contributed by atoms with Gasteiger partial charge in [-0.1, -0.05) is 0 Å². The molecule has 2 heterocycles. The second-order valence-electron chi connectivity index (χ2n) is 3.26. The maximum Gasteiger partial charge on any atom is 0.274 e. The highest BCUT2D eigenvalue weighted by Gasteiger charge is 2.32. The molecule has 16 heavy (non-hydrogen) atoms. The Bertz CT molecular complexity index is 517. The highest BCUT2D eigenvalue weighted by molar-refractivity contribution is 7.91. The number of β-amino-alcohol motifs (C(OH)–C–C–N with tert-alkyl or cyclic N) is 1. The van der Waals surface area contributed by atoms with Gasteiger partial charge in [0.15, 0.2) is 0 Å². The summed E-state index contributed by atoms with van der Waals surface area (Å²) in [6, 6.07) is 1.70. The summed E-state index contributed by atoms with van der Waals surface area (Å²) in [5.41, 5.74) is 0.892. The van der Waals surface area contributed by atoms with Crippen LogP contribution in [0.15, 0.2) is 21.4 Å². The highest BCUT2D eigenvalue weighted by atomic mass is 32.2. The fourth-order valence-corrected chi connectivity index (χ4v) is 4.50. The molecule has 2 N–H and O–H groups in total. The predicted molar refractivity (Wildman–Crippen MR) is 60.4 cm³/mol. The number of fused-ring (bicyclic) bond motifs is 1. The molecule has 1 aromatic rings. The summed E-state index contributed by atoms with van der Waals surface area (Å²) in [5.74, 6) is 0. The third-order valence-corrected chi connectivity index (χ3v) is 5.63. The Hall–Kier alpha value is -0.890. The van der Waals surface area contributed by atoms with Crippen LogP contribution in [0.5, 0.6) is 0 Å². The lowest BCUT2D eigenvalue weighted by Crippen LogP contribution is -2.36. The van der Waals surface area contributed by atoms with Crippen molar-refractivity contribution in [2.45, 2.75) is 4.21 Å². The normalized spacial score (nSPS) is 18.1. The van der Waals surface area contributed by atoms with Crippen LogP contribution < -0.4 is 0 Å². The van der Waals surface area contributed by atoms with Crippen molar-refractivity contribution in [3.8, 4) is 0 Å². The summed E-state index contributed by atoms with van der Waals surface area (Å²) < 4.78 is 25.5. The van der Waals surface area contributed by atoms with E-state index in [9.17, 15) is 8.42 Å². The Morgan fingerprint density at radius 1 is 1.38 bits per heavy atom. The van der Waals surface area contributed by atoms with Crippen molar-refractivity contribution in [2.75, 3.05) is 19.8 Å². The average molecular weight is 261 g/mol. The molecule has 0 unspecified atom stereocenters. The zero-order valence-corrected chi connectivity index (χ0v) is 9.96. The van der Waals surface area contributed by atoms with Gasteiger partial charge in [0.1, 0.15) is 4.21 Å². The molecule has 1 aliphatic heterocycles. The lowest BCUT2D eigenvalue weighted by atomic mass is 10.2. The van der Waals surface area contributed by atoms with Crippen LogP contribution in [0.2, 0.25) is 0 Å². The van der Waals surface area contributed by atoms with Crippen molar-refractivity contribution in [3.63, 3.8) is 0 Å². The van der Waals surface area contributed by atoms with Crippen molar-refractivity contribution in [1.29, 1.82) is 0 Å². The fraction of sp³-hybridized carbons (Fsp3) is 0.333. The highest BCUT2D eigenvalue weighted by Crippen LogP contribution is 2.34. The van der Waals surface area contributed by atoms with Crippen LogP contribution in [-0.2, 0) is 10.0 Å². The van der Waals surface area contributed by atoms with E-state index in [0.717, 1.165) is 15.6 Å². The van der Waals surface area contributed by atoms with E-state index in [1.54, 1.807) is 17.5 Å². The van der Waals surface area contributed by atoms with Crippen LogP contribution in [-0.4, -0.2) is 42.7 Å². The van der Waals surface area contributed by atoms with E-state index in [4.69, 9.17) is 10.2 Å². The first-order valence-electron chi connectivity index (χ1n) is 4.64. The van der Waals surface area contributed by atoms with E-state index in [1.807, 2.05) is 0 Å². The minimum atomic E-state index is -3.60. The molecule has 0 aliphatic carbocycles. The molecule has 0 spiro atoms. The molecule has 7 heteroatoms. The number of thiophene rings is 1. The van der Waals surface area contributed by atoms with Gasteiger partial charge >= 0.3 is 0 Å². The molecule has 0 bridgehead atoms. The monoisotopic (exact) mass is 261 g/mol. The predicted octanol–water partition coefficient (Wildman–Crippen LogP) is 0.0779. The van der Waals surface area contributed by atoms with Gasteiger partial charge in [-0.2, -0.15) is 0 Å². The molecule has 5 nitrogen and oxygen atoms in total. The fourth-order valence-electron chi connectivity index (χ4n) is 1.61. The molecular formula is C9H11NO4S2. The van der Waals surface area contributed by atoms with Crippen LogP contribution in [0.25, 0.3) is 6.08 Å². The van der Waals surface area contributed by atoms with Gasteiger partial charge in [-0.3, -0.25) is 4.31 Å². The molecule has 1 aromatic heterocycles. The Balaban J connectivity index is 2.57. The topological polar surface area (TPSA) is 77.8 Å². The number of sulfonamides is 1. The van der Waals surface area contributed by atoms with Crippen molar-refractivity contribution < 1.29 is 18.6 Å². The van der Waals surface area contributed by atoms with Crippen molar-refractivity contribution >= 4 is 27.4 Å². The molecule has 2 rings (SSSR count). The lowest BCUT2D eigenvalue weighted by Gasteiger charge is -2.28. The first-order valence-corrected chi connectivity index (χ1v) is 6.95. The van der Waals surface area contributed by atoms with Gasteiger partial charge in [-0.25, -0.2) is 8.42 Å². The quantitative estimate of drug-likeness (QED) is 0.807. The summed E-state index contributed by atoms with van der Waals surface area (Å²) in [7, 11) is -3.60. The van der Waals surface area contributed by atoms with Crippen molar-refractivity contribution in [3.05, 3.63) is 22.7 Å². The third-order valence-electron chi connectivity index (χ3n) is 2.29. The number of rotatable bonds is 3. The van der Waals surface area contributed by atoms with Crippen LogP contribution >= 0.6 is 11.3 Å². The van der Waals surface area contributed by atoms with Crippen LogP contribution in [0.1, 0.15) is 5.56 Å². The zero-order valence-electron chi connectivity index (χ0n) is 8.33. The van der Waals surface area contributed by atoms with Crippen molar-refractivity contribution in [1.82, 2.24) is 4.31 Å². The largest absolute Gasteiger partial charge is 0.394 e.